The van der Waals surface area contributed by atoms with Gasteiger partial charge in [0.25, 0.3) is 5.56 Å². The molecule has 3 nitrogen and oxygen atoms in total. The van der Waals surface area contributed by atoms with Gasteiger partial charge in [-0.2, -0.15) is 0 Å². The number of benzene rings is 2. The van der Waals surface area contributed by atoms with Crippen molar-refractivity contribution < 1.29 is 8.78 Å². The van der Waals surface area contributed by atoms with E-state index in [1.807, 2.05) is 0 Å². The zero-order valence-electron chi connectivity index (χ0n) is 16.3. The maximum Gasteiger partial charge on any atom is 0.267 e. The zero-order chi connectivity index (χ0) is 21.5. The van der Waals surface area contributed by atoms with Crippen molar-refractivity contribution in [1.29, 1.82) is 0 Å². The molecule has 0 fully saturated rings. The number of thioether (sulfide) groups is 1. The summed E-state index contributed by atoms with van der Waals surface area (Å²) >= 11 is 8.74. The molecule has 0 radical (unpaired) electrons. The summed E-state index contributed by atoms with van der Waals surface area (Å²) in [6.07, 6.45) is 4.00. The Morgan fingerprint density at radius 3 is 2.52 bits per heavy atom. The largest absolute Gasteiger partial charge is 0.268 e. The van der Waals surface area contributed by atoms with E-state index >= 15 is 0 Å². The molecule has 158 valence electrons. The summed E-state index contributed by atoms with van der Waals surface area (Å²) in [5.41, 5.74) is 1.54. The molecule has 0 amide bonds. The summed E-state index contributed by atoms with van der Waals surface area (Å²) in [5.74, 6) is -1.20. The van der Waals surface area contributed by atoms with Crippen LogP contribution in [-0.2, 0) is 18.6 Å². The van der Waals surface area contributed by atoms with Crippen molar-refractivity contribution in [2.75, 3.05) is 0 Å². The van der Waals surface area contributed by atoms with Gasteiger partial charge in [0.2, 0.25) is 0 Å². The van der Waals surface area contributed by atoms with Crippen molar-refractivity contribution in [3.63, 3.8) is 0 Å². The van der Waals surface area contributed by atoms with Crippen molar-refractivity contribution in [3.8, 4) is 5.69 Å². The van der Waals surface area contributed by atoms with Crippen molar-refractivity contribution in [1.82, 2.24) is 9.55 Å². The van der Waals surface area contributed by atoms with Crippen LogP contribution in [0.1, 0.15) is 28.8 Å². The van der Waals surface area contributed by atoms with E-state index in [1.54, 1.807) is 35.6 Å². The van der Waals surface area contributed by atoms with E-state index in [4.69, 9.17) is 16.6 Å². The van der Waals surface area contributed by atoms with Gasteiger partial charge in [-0.15, -0.1) is 11.3 Å². The number of hydrogen-bond acceptors (Lipinski definition) is 4. The van der Waals surface area contributed by atoms with Crippen LogP contribution in [0.25, 0.3) is 15.9 Å². The molecule has 4 aromatic rings. The lowest BCUT2D eigenvalue weighted by Gasteiger charge is -2.14. The van der Waals surface area contributed by atoms with E-state index in [-0.39, 0.29) is 16.9 Å². The van der Waals surface area contributed by atoms with Gasteiger partial charge >= 0.3 is 0 Å². The second-order valence-corrected chi connectivity index (χ2v) is 9.85. The highest BCUT2D eigenvalue weighted by atomic mass is 35.5. The molecule has 8 heteroatoms. The molecule has 0 bridgehead atoms. The van der Waals surface area contributed by atoms with Crippen LogP contribution in [0.3, 0.4) is 0 Å². The van der Waals surface area contributed by atoms with Crippen LogP contribution in [0.5, 0.6) is 0 Å². The van der Waals surface area contributed by atoms with Gasteiger partial charge in [-0.05, 0) is 67.6 Å². The highest BCUT2D eigenvalue weighted by Gasteiger charge is 2.23. The Morgan fingerprint density at radius 1 is 1.06 bits per heavy atom. The molecule has 0 saturated carbocycles. The maximum absolute atomic E-state index is 14.2. The van der Waals surface area contributed by atoms with E-state index in [9.17, 15) is 13.6 Å². The van der Waals surface area contributed by atoms with Crippen LogP contribution >= 0.6 is 34.7 Å². The zero-order valence-corrected chi connectivity index (χ0v) is 18.7. The third-order valence-corrected chi connectivity index (χ3v) is 7.85. The molecule has 2 aromatic carbocycles. The van der Waals surface area contributed by atoms with E-state index in [0.717, 1.165) is 43.0 Å². The van der Waals surface area contributed by atoms with Gasteiger partial charge in [0.05, 0.1) is 11.1 Å². The maximum atomic E-state index is 14.2. The Kier molecular flexibility index (Phi) is 5.58. The van der Waals surface area contributed by atoms with E-state index in [1.165, 1.54) is 27.6 Å². The lowest BCUT2D eigenvalue weighted by Crippen LogP contribution is -2.22. The Hall–Kier alpha value is -2.22. The molecule has 2 aromatic heterocycles. The molecule has 0 unspecified atom stereocenters. The first-order valence-electron chi connectivity index (χ1n) is 9.92. The lowest BCUT2D eigenvalue weighted by atomic mass is 9.97. The highest BCUT2D eigenvalue weighted by molar-refractivity contribution is 7.98. The molecule has 0 atom stereocenters. The molecule has 0 spiro atoms. The summed E-state index contributed by atoms with van der Waals surface area (Å²) in [7, 11) is 0. The number of thiophene rings is 1. The number of hydrogen-bond donors (Lipinski definition) is 0. The van der Waals surface area contributed by atoms with Gasteiger partial charge < -0.3 is 0 Å². The molecule has 0 aliphatic heterocycles. The first kappa shape index (κ1) is 20.7. The lowest BCUT2D eigenvalue weighted by molar-refractivity contribution is 0.566. The number of aromatic nitrogens is 2. The molecule has 0 saturated heterocycles. The fraction of sp³-hybridized carbons (Fsp3) is 0.217. The minimum Gasteiger partial charge on any atom is -0.268 e. The summed E-state index contributed by atoms with van der Waals surface area (Å²) in [6, 6.07) is 10.7. The third kappa shape index (κ3) is 3.79. The quantitative estimate of drug-likeness (QED) is 0.248. The van der Waals surface area contributed by atoms with Crippen LogP contribution in [0.4, 0.5) is 8.78 Å². The van der Waals surface area contributed by atoms with Crippen molar-refractivity contribution in [2.24, 2.45) is 0 Å². The molecule has 31 heavy (non-hydrogen) atoms. The number of rotatable bonds is 4. The van der Waals surface area contributed by atoms with E-state index in [2.05, 4.69) is 0 Å². The Labute approximate surface area is 190 Å². The number of fused-ring (bicyclic) bond motifs is 3. The highest BCUT2D eigenvalue weighted by Crippen LogP contribution is 2.36. The first-order chi connectivity index (χ1) is 15.0. The van der Waals surface area contributed by atoms with Gasteiger partial charge in [-0.25, -0.2) is 13.8 Å². The molecule has 2 heterocycles. The van der Waals surface area contributed by atoms with Crippen molar-refractivity contribution >= 4 is 44.9 Å². The minimum absolute atomic E-state index is 0.0229. The predicted octanol–water partition coefficient (Wildman–Crippen LogP) is 6.55. The Morgan fingerprint density at radius 2 is 1.77 bits per heavy atom. The van der Waals surface area contributed by atoms with Crippen LogP contribution < -0.4 is 5.56 Å². The fourth-order valence-electron chi connectivity index (χ4n) is 3.91. The van der Waals surface area contributed by atoms with Crippen LogP contribution in [0.15, 0.2) is 52.4 Å². The number of nitrogens with zero attached hydrogens (tertiary/aromatic N) is 2. The Bertz CT molecular complexity index is 1330. The number of aryl methyl sites for hydroxylation is 2. The normalized spacial score (nSPS) is 13.5. The van der Waals surface area contributed by atoms with Crippen molar-refractivity contribution in [3.05, 3.63) is 85.5 Å². The van der Waals surface area contributed by atoms with Gasteiger partial charge in [0.1, 0.15) is 16.5 Å². The van der Waals surface area contributed by atoms with Gasteiger partial charge in [0, 0.05) is 21.2 Å². The van der Waals surface area contributed by atoms with E-state index < -0.39 is 11.6 Å². The average Bonchev–Trinajstić information content (AvgIpc) is 3.13. The van der Waals surface area contributed by atoms with Gasteiger partial charge in [-0.1, -0.05) is 29.4 Å². The second kappa shape index (κ2) is 8.37. The minimum atomic E-state index is -0.611. The van der Waals surface area contributed by atoms with E-state index in [0.29, 0.717) is 26.1 Å². The smallest absolute Gasteiger partial charge is 0.267 e. The molecule has 1 aliphatic carbocycles. The van der Waals surface area contributed by atoms with Gasteiger partial charge in [-0.3, -0.25) is 9.36 Å². The monoisotopic (exact) mass is 474 g/mol. The molecule has 1 aliphatic rings. The molecule has 0 N–H and O–H groups in total. The summed E-state index contributed by atoms with van der Waals surface area (Å²) < 4.78 is 29.8. The Balaban J connectivity index is 1.67. The first-order valence-corrected chi connectivity index (χ1v) is 12.1. The van der Waals surface area contributed by atoms with Crippen LogP contribution in [0.2, 0.25) is 5.02 Å². The van der Waals surface area contributed by atoms with Gasteiger partial charge in [0.15, 0.2) is 5.16 Å². The van der Waals surface area contributed by atoms with Crippen molar-refractivity contribution in [2.45, 2.75) is 36.6 Å². The predicted molar refractivity (Wildman–Crippen MR) is 123 cm³/mol. The molecule has 5 rings (SSSR count). The SMILES string of the molecule is O=c1c2c3c(sc2nc(SCc2c(F)cccc2F)n1-c1ccc(Cl)cc1)CCCC3. The molecular formula is C23H17ClF2N2OS2. The topological polar surface area (TPSA) is 34.9 Å². The molecular weight excluding hydrogens is 458 g/mol. The standard InChI is InChI=1S/C23H17ClF2N2OS2/c24-13-8-10-14(11-9-13)28-22(29)20-15-4-1-2-7-19(15)31-21(20)27-23(28)30-12-16-17(25)5-3-6-18(16)26/h3,5-6,8-11H,1-2,4,7,12H2. The summed E-state index contributed by atoms with van der Waals surface area (Å²) in [6.45, 7) is 0. The second-order valence-electron chi connectivity index (χ2n) is 7.39. The van der Waals surface area contributed by atoms with Crippen LogP contribution in [-0.4, -0.2) is 9.55 Å². The third-order valence-electron chi connectivity index (χ3n) is 5.45. The summed E-state index contributed by atoms with van der Waals surface area (Å²) in [4.78, 5) is 20.3. The number of halogens is 3. The fourth-order valence-corrected chi connectivity index (χ4v) is 6.37. The average molecular weight is 475 g/mol. The van der Waals surface area contributed by atoms with Crippen LogP contribution in [0, 0.1) is 11.6 Å². The summed E-state index contributed by atoms with van der Waals surface area (Å²) in [5, 5.41) is 1.62.